The van der Waals surface area contributed by atoms with Gasteiger partial charge in [0, 0.05) is 0 Å². The van der Waals surface area contributed by atoms with Gasteiger partial charge in [-0.2, -0.15) is 0 Å². The van der Waals surface area contributed by atoms with E-state index in [2.05, 4.69) is 30.3 Å². The molecule has 20 heavy (non-hydrogen) atoms. The number of rotatable bonds is 4. The summed E-state index contributed by atoms with van der Waals surface area (Å²) in [6.07, 6.45) is 17.8. The lowest BCUT2D eigenvalue weighted by Gasteiger charge is -2.46. The maximum absolute atomic E-state index is 2.32. The van der Waals surface area contributed by atoms with Crippen LogP contribution >= 0.6 is 0 Å². The van der Waals surface area contributed by atoms with E-state index in [-0.39, 0.29) is 0 Å². The second kappa shape index (κ2) is 6.78. The molecule has 0 spiro atoms. The van der Waals surface area contributed by atoms with Gasteiger partial charge in [-0.05, 0) is 55.4 Å². The van der Waals surface area contributed by atoms with E-state index in [0.29, 0.717) is 5.41 Å². The van der Waals surface area contributed by atoms with E-state index >= 15 is 0 Å². The summed E-state index contributed by atoms with van der Waals surface area (Å²) in [5.74, 6) is 1.04. The summed E-state index contributed by atoms with van der Waals surface area (Å²) in [5, 5.41) is 0. The average Bonchev–Trinajstić information content (AvgIpc) is 2.56. The fraction of sp³-hybridized carbons (Fsp3) is 0.700. The van der Waals surface area contributed by atoms with E-state index in [1.165, 1.54) is 77.0 Å². The van der Waals surface area contributed by atoms with E-state index in [4.69, 9.17) is 0 Å². The maximum atomic E-state index is 2.32. The molecule has 0 bridgehead atoms. The van der Waals surface area contributed by atoms with Gasteiger partial charge in [0.1, 0.15) is 0 Å². The van der Waals surface area contributed by atoms with Gasteiger partial charge in [0.2, 0.25) is 0 Å². The minimum absolute atomic E-state index is 0.703. The molecule has 1 aromatic carbocycles. The lowest BCUT2D eigenvalue weighted by molar-refractivity contribution is 0.0578. The molecule has 0 heteroatoms. The molecule has 0 atom stereocenters. The summed E-state index contributed by atoms with van der Waals surface area (Å²) in [6.45, 7) is 0. The molecule has 2 saturated carbocycles. The number of hydrogen-bond donors (Lipinski definition) is 0. The summed E-state index contributed by atoms with van der Waals surface area (Å²) in [5.41, 5.74) is 2.25. The molecule has 0 aromatic heterocycles. The van der Waals surface area contributed by atoms with Crippen LogP contribution in [0.1, 0.15) is 76.2 Å². The Kier molecular flexibility index (Phi) is 4.81. The Balaban J connectivity index is 1.68. The average molecular weight is 270 g/mol. The van der Waals surface area contributed by atoms with E-state index < -0.39 is 0 Å². The predicted octanol–water partition coefficient (Wildman–Crippen LogP) is 6.15. The smallest absolute Gasteiger partial charge is 0.0266 e. The molecular weight excluding hydrogens is 240 g/mol. The van der Waals surface area contributed by atoms with Gasteiger partial charge in [0.15, 0.2) is 0 Å². The zero-order valence-electron chi connectivity index (χ0n) is 12.9. The normalized spacial score (nSPS) is 23.6. The van der Waals surface area contributed by atoms with Gasteiger partial charge in [0.05, 0.1) is 0 Å². The van der Waals surface area contributed by atoms with Gasteiger partial charge < -0.3 is 0 Å². The van der Waals surface area contributed by atoms with E-state index in [9.17, 15) is 0 Å². The molecule has 0 N–H and O–H groups in total. The van der Waals surface area contributed by atoms with Crippen LogP contribution in [-0.4, -0.2) is 0 Å². The Morgan fingerprint density at radius 3 is 2.15 bits per heavy atom. The molecule has 0 amide bonds. The van der Waals surface area contributed by atoms with Crippen LogP contribution in [0.4, 0.5) is 0 Å². The van der Waals surface area contributed by atoms with Crippen molar-refractivity contribution >= 4 is 0 Å². The first-order valence-electron chi connectivity index (χ1n) is 8.93. The Morgan fingerprint density at radius 2 is 1.45 bits per heavy atom. The monoisotopic (exact) mass is 270 g/mol. The van der Waals surface area contributed by atoms with Gasteiger partial charge in [0.25, 0.3) is 0 Å². The van der Waals surface area contributed by atoms with Crippen LogP contribution in [0.15, 0.2) is 30.3 Å². The number of aryl methyl sites for hydroxylation is 1. The van der Waals surface area contributed by atoms with Crippen LogP contribution in [0.3, 0.4) is 0 Å². The topological polar surface area (TPSA) is 0 Å². The molecule has 0 nitrogen and oxygen atoms in total. The third kappa shape index (κ3) is 3.27. The van der Waals surface area contributed by atoms with Crippen LogP contribution in [0.2, 0.25) is 0 Å². The Labute approximate surface area is 125 Å². The maximum Gasteiger partial charge on any atom is -0.0266 e. The van der Waals surface area contributed by atoms with Gasteiger partial charge in [-0.15, -0.1) is 0 Å². The molecule has 3 rings (SSSR count). The summed E-state index contributed by atoms with van der Waals surface area (Å²) in [7, 11) is 0. The molecule has 2 aliphatic rings. The van der Waals surface area contributed by atoms with Crippen molar-refractivity contribution in [3.63, 3.8) is 0 Å². The molecule has 0 unspecified atom stereocenters. The largest absolute Gasteiger partial charge is 0.0622 e. The van der Waals surface area contributed by atoms with Crippen molar-refractivity contribution in [3.05, 3.63) is 35.9 Å². The molecule has 1 aromatic rings. The third-order valence-corrected chi connectivity index (χ3v) is 6.07. The van der Waals surface area contributed by atoms with Crippen molar-refractivity contribution in [2.24, 2.45) is 11.3 Å². The fourth-order valence-corrected chi connectivity index (χ4v) is 4.87. The van der Waals surface area contributed by atoms with E-state index in [0.717, 1.165) is 5.92 Å². The van der Waals surface area contributed by atoms with Crippen molar-refractivity contribution in [1.29, 1.82) is 0 Å². The summed E-state index contributed by atoms with van der Waals surface area (Å²) >= 11 is 0. The summed E-state index contributed by atoms with van der Waals surface area (Å²) < 4.78 is 0. The molecular formula is C20H30. The van der Waals surface area contributed by atoms with E-state index in [1.807, 2.05) is 0 Å². The quantitative estimate of drug-likeness (QED) is 0.615. The second-order valence-corrected chi connectivity index (χ2v) is 7.24. The first kappa shape index (κ1) is 14.2. The summed E-state index contributed by atoms with van der Waals surface area (Å²) in [4.78, 5) is 0. The molecule has 0 radical (unpaired) electrons. The number of hydrogen-bond acceptors (Lipinski definition) is 0. The first-order valence-corrected chi connectivity index (χ1v) is 8.93. The highest BCUT2D eigenvalue weighted by Gasteiger charge is 2.39. The van der Waals surface area contributed by atoms with Crippen molar-refractivity contribution < 1.29 is 0 Å². The molecule has 2 fully saturated rings. The lowest BCUT2D eigenvalue weighted by atomic mass is 9.59. The Morgan fingerprint density at radius 1 is 0.800 bits per heavy atom. The molecule has 2 aliphatic carbocycles. The minimum Gasteiger partial charge on any atom is -0.0622 e. The van der Waals surface area contributed by atoms with Gasteiger partial charge in [-0.3, -0.25) is 0 Å². The van der Waals surface area contributed by atoms with Crippen LogP contribution in [0.25, 0.3) is 0 Å². The number of benzene rings is 1. The van der Waals surface area contributed by atoms with Crippen molar-refractivity contribution in [2.75, 3.05) is 0 Å². The molecule has 0 aliphatic heterocycles. The Hall–Kier alpha value is -0.780. The minimum atomic E-state index is 0.703. The van der Waals surface area contributed by atoms with Gasteiger partial charge in [-0.25, -0.2) is 0 Å². The van der Waals surface area contributed by atoms with Crippen LogP contribution in [0.5, 0.6) is 0 Å². The highest BCUT2D eigenvalue weighted by Crippen LogP contribution is 2.51. The van der Waals surface area contributed by atoms with Crippen LogP contribution in [-0.2, 0) is 6.42 Å². The summed E-state index contributed by atoms with van der Waals surface area (Å²) in [6, 6.07) is 11.2. The Bertz CT molecular complexity index is 380. The van der Waals surface area contributed by atoms with Crippen molar-refractivity contribution in [1.82, 2.24) is 0 Å². The highest BCUT2D eigenvalue weighted by molar-refractivity contribution is 5.15. The first-order chi connectivity index (χ1) is 9.89. The highest BCUT2D eigenvalue weighted by atomic mass is 14.4. The van der Waals surface area contributed by atoms with Crippen molar-refractivity contribution in [2.45, 2.75) is 77.0 Å². The van der Waals surface area contributed by atoms with Gasteiger partial charge in [-0.1, -0.05) is 68.9 Å². The zero-order chi connectivity index (χ0) is 13.7. The second-order valence-electron chi connectivity index (χ2n) is 7.24. The third-order valence-electron chi connectivity index (χ3n) is 6.07. The van der Waals surface area contributed by atoms with Crippen molar-refractivity contribution in [3.8, 4) is 0 Å². The predicted molar refractivity (Wildman–Crippen MR) is 86.9 cm³/mol. The zero-order valence-corrected chi connectivity index (χ0v) is 12.9. The van der Waals surface area contributed by atoms with Gasteiger partial charge >= 0.3 is 0 Å². The van der Waals surface area contributed by atoms with Crippen LogP contribution < -0.4 is 0 Å². The SMILES string of the molecule is c1ccc(CCC2(C3CCCCC3)CCCCC2)cc1. The molecule has 0 heterocycles. The van der Waals surface area contributed by atoms with Crippen LogP contribution in [0, 0.1) is 11.3 Å². The molecule has 0 saturated heterocycles. The standard InChI is InChI=1S/C20H30/c1-4-10-18(11-5-1)14-17-20(15-8-3-9-16-20)19-12-6-2-7-13-19/h1,4-5,10-11,19H,2-3,6-9,12-17H2. The lowest BCUT2D eigenvalue weighted by Crippen LogP contribution is -2.35. The van der Waals surface area contributed by atoms with E-state index in [1.54, 1.807) is 5.56 Å². The molecule has 110 valence electrons. The fourth-order valence-electron chi connectivity index (χ4n) is 4.87.